The molecule has 2 N–H and O–H groups in total. The summed E-state index contributed by atoms with van der Waals surface area (Å²) in [6.07, 6.45) is 2.32. The summed E-state index contributed by atoms with van der Waals surface area (Å²) in [6, 6.07) is 2.05. The van der Waals surface area contributed by atoms with Gasteiger partial charge in [0, 0.05) is 42.8 Å². The third kappa shape index (κ3) is 3.66. The molecule has 12 heteroatoms. The first kappa shape index (κ1) is 20.4. The molecule has 32 heavy (non-hydrogen) atoms. The molecule has 1 aliphatic rings. The number of alkyl halides is 3. The number of nitrogens with zero attached hydrogens (tertiary/aromatic N) is 7. The highest BCUT2D eigenvalue weighted by molar-refractivity contribution is 5.58. The van der Waals surface area contributed by atoms with Gasteiger partial charge in [-0.2, -0.15) is 18.3 Å². The monoisotopic (exact) mass is 443 g/mol. The summed E-state index contributed by atoms with van der Waals surface area (Å²) in [6.45, 7) is 5.45. The van der Waals surface area contributed by atoms with Crippen LogP contribution in [-0.4, -0.2) is 53.7 Å². The third-order valence-corrected chi connectivity index (χ3v) is 5.51. The Morgan fingerprint density at radius 1 is 1.09 bits per heavy atom. The number of hydrogen-bond donors (Lipinski definition) is 2. The van der Waals surface area contributed by atoms with Gasteiger partial charge in [0.25, 0.3) is 0 Å². The van der Waals surface area contributed by atoms with E-state index in [9.17, 15) is 13.2 Å². The second-order valence-corrected chi connectivity index (χ2v) is 7.86. The molecule has 0 spiro atoms. The predicted molar refractivity (Wildman–Crippen MR) is 110 cm³/mol. The Morgan fingerprint density at radius 2 is 1.94 bits per heavy atom. The van der Waals surface area contributed by atoms with Gasteiger partial charge in [-0.25, -0.2) is 19.9 Å². The number of aryl methyl sites for hydroxylation is 1. The summed E-state index contributed by atoms with van der Waals surface area (Å²) in [4.78, 5) is 18.7. The fourth-order valence-electron chi connectivity index (χ4n) is 4.01. The van der Waals surface area contributed by atoms with Gasteiger partial charge in [0.15, 0.2) is 17.2 Å². The van der Waals surface area contributed by atoms with E-state index in [2.05, 4.69) is 47.3 Å². The Kier molecular flexibility index (Phi) is 4.81. The van der Waals surface area contributed by atoms with E-state index in [-0.39, 0.29) is 23.6 Å². The molecule has 2 atom stereocenters. The molecule has 5 heterocycles. The van der Waals surface area contributed by atoms with Crippen molar-refractivity contribution >= 4 is 11.5 Å². The van der Waals surface area contributed by atoms with Crippen molar-refractivity contribution in [1.82, 2.24) is 39.9 Å². The lowest BCUT2D eigenvalue weighted by Crippen LogP contribution is -2.51. The molecule has 4 aromatic rings. The maximum absolute atomic E-state index is 13.1. The average molecular weight is 443 g/mol. The lowest BCUT2D eigenvalue weighted by atomic mass is 10.0. The van der Waals surface area contributed by atoms with E-state index in [0.29, 0.717) is 18.1 Å². The summed E-state index contributed by atoms with van der Waals surface area (Å²) in [5.41, 5.74) is 1.73. The van der Waals surface area contributed by atoms with Crippen molar-refractivity contribution in [3.8, 4) is 11.5 Å². The maximum atomic E-state index is 13.1. The van der Waals surface area contributed by atoms with Gasteiger partial charge in [-0.15, -0.1) is 0 Å². The molecule has 1 saturated heterocycles. The summed E-state index contributed by atoms with van der Waals surface area (Å²) >= 11 is 0. The lowest BCUT2D eigenvalue weighted by molar-refractivity contribution is -0.141. The number of nitrogens with one attached hydrogen (secondary N) is 2. The van der Waals surface area contributed by atoms with Crippen LogP contribution in [0, 0.1) is 6.92 Å². The number of halogens is 3. The minimum atomic E-state index is -4.56. The highest BCUT2D eigenvalue weighted by Gasteiger charge is 2.33. The van der Waals surface area contributed by atoms with Crippen molar-refractivity contribution in [2.45, 2.75) is 32.1 Å². The molecule has 0 radical (unpaired) electrons. The molecule has 2 unspecified atom stereocenters. The SMILES string of the molecule is Cc1[nH]ncc1C1CN(c2ccnc(-c3cnc4cnc(C(F)(F)F)cn34)n2)CC(C)N1. The van der Waals surface area contributed by atoms with Gasteiger partial charge >= 0.3 is 6.18 Å². The zero-order chi connectivity index (χ0) is 22.5. The molecule has 0 amide bonds. The summed E-state index contributed by atoms with van der Waals surface area (Å²) in [5.74, 6) is 0.978. The molecule has 0 aliphatic carbocycles. The number of hydrogen-bond acceptors (Lipinski definition) is 7. The van der Waals surface area contributed by atoms with Gasteiger partial charge in [0.1, 0.15) is 11.5 Å². The number of anilines is 1. The van der Waals surface area contributed by atoms with Crippen molar-refractivity contribution < 1.29 is 13.2 Å². The summed E-state index contributed by atoms with van der Waals surface area (Å²) in [7, 11) is 0. The fourth-order valence-corrected chi connectivity index (χ4v) is 4.01. The van der Waals surface area contributed by atoms with Gasteiger partial charge in [-0.05, 0) is 19.9 Å². The van der Waals surface area contributed by atoms with E-state index in [1.165, 1.54) is 10.6 Å². The van der Waals surface area contributed by atoms with E-state index >= 15 is 0 Å². The third-order valence-electron chi connectivity index (χ3n) is 5.51. The molecule has 1 aliphatic heterocycles. The molecule has 9 nitrogen and oxygen atoms in total. The van der Waals surface area contributed by atoms with Crippen molar-refractivity contribution in [2.24, 2.45) is 0 Å². The minimum absolute atomic E-state index is 0.0622. The Labute approximate surface area is 180 Å². The Morgan fingerprint density at radius 3 is 2.69 bits per heavy atom. The van der Waals surface area contributed by atoms with Crippen LogP contribution in [0.4, 0.5) is 19.0 Å². The van der Waals surface area contributed by atoms with Gasteiger partial charge < -0.3 is 10.2 Å². The van der Waals surface area contributed by atoms with Crippen LogP contribution in [0.15, 0.2) is 37.1 Å². The van der Waals surface area contributed by atoms with Crippen molar-refractivity contribution in [3.05, 3.63) is 54.0 Å². The molecule has 166 valence electrons. The Bertz CT molecular complexity index is 1260. The quantitative estimate of drug-likeness (QED) is 0.502. The number of H-pyrrole nitrogens is 1. The van der Waals surface area contributed by atoms with Gasteiger partial charge in [0.05, 0.1) is 24.6 Å². The van der Waals surface area contributed by atoms with Crippen molar-refractivity contribution in [1.29, 1.82) is 0 Å². The zero-order valence-corrected chi connectivity index (χ0v) is 17.3. The second-order valence-electron chi connectivity index (χ2n) is 7.86. The maximum Gasteiger partial charge on any atom is 0.434 e. The van der Waals surface area contributed by atoms with E-state index < -0.39 is 11.9 Å². The van der Waals surface area contributed by atoms with Gasteiger partial charge in [-0.1, -0.05) is 0 Å². The second kappa shape index (κ2) is 7.55. The first-order valence-corrected chi connectivity index (χ1v) is 10.0. The first-order valence-electron chi connectivity index (χ1n) is 10.0. The topological polar surface area (TPSA) is 99.9 Å². The van der Waals surface area contributed by atoms with Crippen LogP contribution < -0.4 is 10.2 Å². The van der Waals surface area contributed by atoms with Crippen molar-refractivity contribution in [3.63, 3.8) is 0 Å². The fraction of sp³-hybridized carbons (Fsp3) is 0.350. The smallest absolute Gasteiger partial charge is 0.353 e. The summed E-state index contributed by atoms with van der Waals surface area (Å²) in [5, 5.41) is 10.7. The van der Waals surface area contributed by atoms with Gasteiger partial charge in [0.2, 0.25) is 0 Å². The largest absolute Gasteiger partial charge is 0.434 e. The van der Waals surface area contributed by atoms with E-state index in [0.717, 1.165) is 30.2 Å². The standard InChI is InChI=1S/C20H20F3N9/c1-11-8-31(9-14(28-11)13-5-27-30-12(13)2)17-3-4-24-19(29-17)15-6-26-18-7-25-16(10-32(15)18)20(21,22)23/h3-7,10-11,14,28H,8-9H2,1-2H3,(H,27,30). The molecule has 4 aromatic heterocycles. The molecule has 1 fully saturated rings. The average Bonchev–Trinajstić information content (AvgIpc) is 3.38. The van der Waals surface area contributed by atoms with Crippen LogP contribution in [0.1, 0.15) is 29.9 Å². The van der Waals surface area contributed by atoms with E-state index in [4.69, 9.17) is 0 Å². The zero-order valence-electron chi connectivity index (χ0n) is 17.3. The highest BCUT2D eigenvalue weighted by Crippen LogP contribution is 2.29. The Hall–Kier alpha value is -3.54. The number of aromatic amines is 1. The van der Waals surface area contributed by atoms with Crippen LogP contribution >= 0.6 is 0 Å². The first-order chi connectivity index (χ1) is 15.3. The minimum Gasteiger partial charge on any atom is -0.353 e. The van der Waals surface area contributed by atoms with Crippen LogP contribution in [0.3, 0.4) is 0 Å². The molecular weight excluding hydrogens is 423 g/mol. The van der Waals surface area contributed by atoms with Gasteiger partial charge in [-0.3, -0.25) is 9.50 Å². The summed E-state index contributed by atoms with van der Waals surface area (Å²) < 4.78 is 40.7. The molecule has 5 rings (SSSR count). The van der Waals surface area contributed by atoms with E-state index in [1.807, 2.05) is 13.1 Å². The number of aromatic nitrogens is 7. The molecular formula is C20H20F3N9. The van der Waals surface area contributed by atoms with Crippen molar-refractivity contribution in [2.75, 3.05) is 18.0 Å². The highest BCUT2D eigenvalue weighted by atomic mass is 19.4. The lowest BCUT2D eigenvalue weighted by Gasteiger charge is -2.38. The Balaban J connectivity index is 1.49. The molecule has 0 bridgehead atoms. The number of imidazole rings is 1. The molecule has 0 saturated carbocycles. The molecule has 0 aromatic carbocycles. The number of fused-ring (bicyclic) bond motifs is 1. The van der Waals surface area contributed by atoms with E-state index in [1.54, 1.807) is 12.3 Å². The number of piperazine rings is 1. The van der Waals surface area contributed by atoms with Crippen LogP contribution in [-0.2, 0) is 6.18 Å². The predicted octanol–water partition coefficient (Wildman–Crippen LogP) is 2.78. The normalized spacial score (nSPS) is 19.6. The van der Waals surface area contributed by atoms with Crippen LogP contribution in [0.5, 0.6) is 0 Å². The van der Waals surface area contributed by atoms with Crippen LogP contribution in [0.2, 0.25) is 0 Å². The van der Waals surface area contributed by atoms with Crippen LogP contribution in [0.25, 0.3) is 17.2 Å². The number of rotatable bonds is 3.